The van der Waals surface area contributed by atoms with Crippen molar-refractivity contribution in [1.82, 2.24) is 4.72 Å². The number of sulfonamides is 1. The standard InChI is InChI=1S/C16H18BrNO3S/c1-12-8-9-14(17)10-16(12)22(19,20)18-11-13(2)21-15-6-4-3-5-7-15/h3-10,13,18H,11H2,1-2H3. The number of halogens is 1. The first-order chi connectivity index (χ1) is 10.4. The third-order valence-electron chi connectivity index (χ3n) is 3.08. The Morgan fingerprint density at radius 1 is 1.18 bits per heavy atom. The van der Waals surface area contributed by atoms with Gasteiger partial charge in [-0.25, -0.2) is 13.1 Å². The first kappa shape index (κ1) is 17.0. The molecule has 0 fully saturated rings. The fourth-order valence-corrected chi connectivity index (χ4v) is 3.84. The van der Waals surface area contributed by atoms with Crippen LogP contribution in [-0.4, -0.2) is 21.1 Å². The highest BCUT2D eigenvalue weighted by Crippen LogP contribution is 2.20. The van der Waals surface area contributed by atoms with E-state index in [1.807, 2.05) is 43.3 Å². The van der Waals surface area contributed by atoms with Gasteiger partial charge in [0.25, 0.3) is 0 Å². The monoisotopic (exact) mass is 383 g/mol. The number of hydrogen-bond acceptors (Lipinski definition) is 3. The maximum absolute atomic E-state index is 12.4. The number of aryl methyl sites for hydroxylation is 1. The summed E-state index contributed by atoms with van der Waals surface area (Å²) in [5.74, 6) is 0.716. The lowest BCUT2D eigenvalue weighted by Gasteiger charge is -2.16. The molecule has 1 N–H and O–H groups in total. The minimum Gasteiger partial charge on any atom is -0.489 e. The highest BCUT2D eigenvalue weighted by Gasteiger charge is 2.18. The highest BCUT2D eigenvalue weighted by atomic mass is 79.9. The molecule has 1 unspecified atom stereocenters. The largest absolute Gasteiger partial charge is 0.489 e. The van der Waals surface area contributed by atoms with Gasteiger partial charge in [-0.3, -0.25) is 0 Å². The minimum atomic E-state index is -3.56. The normalized spacial score (nSPS) is 12.9. The molecule has 6 heteroatoms. The summed E-state index contributed by atoms with van der Waals surface area (Å²) in [6.07, 6.45) is -0.273. The van der Waals surface area contributed by atoms with Gasteiger partial charge in [0.2, 0.25) is 10.0 Å². The average Bonchev–Trinajstić information content (AvgIpc) is 2.49. The van der Waals surface area contributed by atoms with E-state index >= 15 is 0 Å². The zero-order chi connectivity index (χ0) is 16.2. The Hall–Kier alpha value is -1.37. The molecule has 0 radical (unpaired) electrons. The number of nitrogens with one attached hydrogen (secondary N) is 1. The lowest BCUT2D eigenvalue weighted by molar-refractivity contribution is 0.225. The predicted octanol–water partition coefficient (Wildman–Crippen LogP) is 3.50. The van der Waals surface area contributed by atoms with Crippen LogP contribution in [0.15, 0.2) is 57.9 Å². The molecule has 2 aromatic rings. The predicted molar refractivity (Wildman–Crippen MR) is 90.6 cm³/mol. The second kappa shape index (κ2) is 7.26. The lowest BCUT2D eigenvalue weighted by atomic mass is 10.2. The van der Waals surface area contributed by atoms with Crippen molar-refractivity contribution in [3.8, 4) is 5.75 Å². The molecule has 0 saturated carbocycles. The van der Waals surface area contributed by atoms with Crippen LogP contribution in [0.2, 0.25) is 0 Å². The van der Waals surface area contributed by atoms with Gasteiger partial charge in [-0.15, -0.1) is 0 Å². The van der Waals surface area contributed by atoms with Gasteiger partial charge < -0.3 is 4.74 Å². The smallest absolute Gasteiger partial charge is 0.240 e. The van der Waals surface area contributed by atoms with Crippen molar-refractivity contribution in [3.63, 3.8) is 0 Å². The van der Waals surface area contributed by atoms with Crippen molar-refractivity contribution in [1.29, 1.82) is 0 Å². The van der Waals surface area contributed by atoms with E-state index in [1.54, 1.807) is 19.1 Å². The molecule has 0 aliphatic rings. The van der Waals surface area contributed by atoms with E-state index in [4.69, 9.17) is 4.74 Å². The molecule has 0 heterocycles. The van der Waals surface area contributed by atoms with E-state index in [-0.39, 0.29) is 17.5 Å². The van der Waals surface area contributed by atoms with Crippen LogP contribution in [0.25, 0.3) is 0 Å². The maximum Gasteiger partial charge on any atom is 0.240 e. The number of hydrogen-bond donors (Lipinski definition) is 1. The molecule has 118 valence electrons. The SMILES string of the molecule is Cc1ccc(Br)cc1S(=O)(=O)NCC(C)Oc1ccccc1. The van der Waals surface area contributed by atoms with E-state index in [2.05, 4.69) is 20.7 Å². The van der Waals surface area contributed by atoms with E-state index in [0.29, 0.717) is 11.3 Å². The quantitative estimate of drug-likeness (QED) is 0.830. The van der Waals surface area contributed by atoms with Crippen LogP contribution in [-0.2, 0) is 10.0 Å². The summed E-state index contributed by atoms with van der Waals surface area (Å²) in [5, 5.41) is 0. The average molecular weight is 384 g/mol. The zero-order valence-corrected chi connectivity index (χ0v) is 14.8. The minimum absolute atomic E-state index is 0.198. The summed E-state index contributed by atoms with van der Waals surface area (Å²) in [6, 6.07) is 14.5. The maximum atomic E-state index is 12.4. The fourth-order valence-electron chi connectivity index (χ4n) is 1.94. The van der Waals surface area contributed by atoms with Gasteiger partial charge in [-0.05, 0) is 43.7 Å². The van der Waals surface area contributed by atoms with Gasteiger partial charge in [0.05, 0.1) is 4.90 Å². The third-order valence-corrected chi connectivity index (χ3v) is 5.14. The lowest BCUT2D eigenvalue weighted by Crippen LogP contribution is -2.33. The molecule has 0 aliphatic carbocycles. The van der Waals surface area contributed by atoms with E-state index < -0.39 is 10.0 Å². The molecule has 0 spiro atoms. The Kier molecular flexibility index (Phi) is 5.61. The topological polar surface area (TPSA) is 55.4 Å². The molecule has 4 nitrogen and oxygen atoms in total. The van der Waals surface area contributed by atoms with Crippen LogP contribution < -0.4 is 9.46 Å². The molecule has 0 aromatic heterocycles. The summed E-state index contributed by atoms with van der Waals surface area (Å²) < 4.78 is 33.7. The molecule has 2 rings (SSSR count). The first-order valence-electron chi connectivity index (χ1n) is 6.86. The van der Waals surface area contributed by atoms with Gasteiger partial charge in [-0.1, -0.05) is 40.2 Å². The summed E-state index contributed by atoms with van der Waals surface area (Å²) in [4.78, 5) is 0.272. The molecule has 0 saturated heterocycles. The summed E-state index contributed by atoms with van der Waals surface area (Å²) >= 11 is 3.30. The summed E-state index contributed by atoms with van der Waals surface area (Å²) in [7, 11) is -3.56. The Bertz CT molecular complexity index is 732. The van der Waals surface area contributed by atoms with Crippen LogP contribution in [0, 0.1) is 6.92 Å². The molecule has 1 atom stereocenters. The molecule has 0 aliphatic heterocycles. The second-order valence-corrected chi connectivity index (χ2v) is 7.65. The van der Waals surface area contributed by atoms with Crippen LogP contribution in [0.5, 0.6) is 5.75 Å². The van der Waals surface area contributed by atoms with Crippen LogP contribution in [0.3, 0.4) is 0 Å². The van der Waals surface area contributed by atoms with Crippen molar-refractivity contribution in [2.24, 2.45) is 0 Å². The number of ether oxygens (including phenoxy) is 1. The van der Waals surface area contributed by atoms with Gasteiger partial charge >= 0.3 is 0 Å². The zero-order valence-electron chi connectivity index (χ0n) is 12.4. The third kappa shape index (κ3) is 4.56. The van der Waals surface area contributed by atoms with Crippen molar-refractivity contribution >= 4 is 26.0 Å². The van der Waals surface area contributed by atoms with Crippen LogP contribution in [0.4, 0.5) is 0 Å². The van der Waals surface area contributed by atoms with Crippen molar-refractivity contribution < 1.29 is 13.2 Å². The Labute approximate surface area is 139 Å². The second-order valence-electron chi connectivity index (χ2n) is 5.00. The van der Waals surface area contributed by atoms with Crippen molar-refractivity contribution in [3.05, 3.63) is 58.6 Å². The van der Waals surface area contributed by atoms with Gasteiger partial charge in [0, 0.05) is 11.0 Å². The van der Waals surface area contributed by atoms with Gasteiger partial charge in [0.15, 0.2) is 0 Å². The van der Waals surface area contributed by atoms with Crippen LogP contribution >= 0.6 is 15.9 Å². The van der Waals surface area contributed by atoms with E-state index in [9.17, 15) is 8.42 Å². The van der Waals surface area contributed by atoms with Gasteiger partial charge in [0.1, 0.15) is 11.9 Å². The molecule has 0 bridgehead atoms. The van der Waals surface area contributed by atoms with Crippen LogP contribution in [0.1, 0.15) is 12.5 Å². The molecule has 2 aromatic carbocycles. The van der Waals surface area contributed by atoms with Crippen molar-refractivity contribution in [2.75, 3.05) is 6.54 Å². The van der Waals surface area contributed by atoms with E-state index in [0.717, 1.165) is 4.47 Å². The molecular formula is C16H18BrNO3S. The molecule has 22 heavy (non-hydrogen) atoms. The van der Waals surface area contributed by atoms with Crippen molar-refractivity contribution in [2.45, 2.75) is 24.8 Å². The molecule has 0 amide bonds. The summed E-state index contributed by atoms with van der Waals surface area (Å²) in [6.45, 7) is 3.79. The Morgan fingerprint density at radius 3 is 2.55 bits per heavy atom. The molecular weight excluding hydrogens is 366 g/mol. The number of benzene rings is 2. The van der Waals surface area contributed by atoms with Gasteiger partial charge in [-0.2, -0.15) is 0 Å². The summed E-state index contributed by atoms with van der Waals surface area (Å²) in [5.41, 5.74) is 0.701. The highest BCUT2D eigenvalue weighted by molar-refractivity contribution is 9.10. The number of para-hydroxylation sites is 1. The first-order valence-corrected chi connectivity index (χ1v) is 9.13. The number of rotatable bonds is 6. The van der Waals surface area contributed by atoms with E-state index in [1.165, 1.54) is 0 Å². The fraction of sp³-hybridized carbons (Fsp3) is 0.250. The Balaban J connectivity index is 2.02. The Morgan fingerprint density at radius 2 is 1.86 bits per heavy atom.